The largest absolute Gasteiger partial charge is 0.107 e. The van der Waals surface area contributed by atoms with Gasteiger partial charge in [0.15, 0.2) is 0 Å². The van der Waals surface area contributed by atoms with Gasteiger partial charge in [-0.05, 0) is 0 Å². The third kappa shape index (κ3) is 66.4. The highest BCUT2D eigenvalue weighted by atomic mass is 127. The van der Waals surface area contributed by atoms with Gasteiger partial charge in [0.25, 0.3) is 0 Å². The second kappa shape index (κ2) is 3.20. The van der Waals surface area contributed by atoms with Crippen LogP contribution in [-0.4, -0.2) is 26.7 Å². The quantitative estimate of drug-likeness (QED) is 0.432. The van der Waals surface area contributed by atoms with E-state index in [0.717, 1.165) is 0 Å². The van der Waals surface area contributed by atoms with Crippen LogP contribution in [0.3, 0.4) is 0 Å². The zero-order chi connectivity index (χ0) is 4.50. The van der Waals surface area contributed by atoms with Gasteiger partial charge in [-0.15, -0.1) is 24.0 Å². The molecule has 0 bridgehead atoms. The van der Waals surface area contributed by atoms with Crippen LogP contribution in [0.25, 0.3) is 0 Å². The van der Waals surface area contributed by atoms with E-state index in [1.165, 1.54) is 0 Å². The van der Waals surface area contributed by atoms with Crippen molar-refractivity contribution in [3.63, 3.8) is 0 Å². The maximum absolute atomic E-state index is 2.30. The molecule has 0 aliphatic rings. The van der Waals surface area contributed by atoms with Crippen molar-refractivity contribution in [1.82, 2.24) is 0 Å². The van der Waals surface area contributed by atoms with Gasteiger partial charge >= 0.3 is 0 Å². The average molecular weight is 219 g/mol. The van der Waals surface area contributed by atoms with Gasteiger partial charge in [0, 0.05) is 33.9 Å². The summed E-state index contributed by atoms with van der Waals surface area (Å²) in [4.78, 5) is 0. The molecule has 0 unspecified atom stereocenters. The van der Waals surface area contributed by atoms with E-state index in [1.807, 2.05) is 0 Å². The Morgan fingerprint density at radius 3 is 0.833 bits per heavy atom. The van der Waals surface area contributed by atoms with Crippen LogP contribution in [0, 0.1) is 0 Å². The molecule has 0 nitrogen and oxygen atoms in total. The van der Waals surface area contributed by atoms with Crippen molar-refractivity contribution in [2.45, 2.75) is 0 Å². The van der Waals surface area contributed by atoms with Crippen molar-refractivity contribution in [1.29, 1.82) is 0 Å². The first-order valence-electron chi connectivity index (χ1n) is 1.79. The van der Waals surface area contributed by atoms with Crippen LogP contribution >= 0.6 is 31.2 Å². The highest BCUT2D eigenvalue weighted by molar-refractivity contribution is 14.0. The summed E-state index contributed by atoms with van der Waals surface area (Å²) in [6.07, 6.45) is 0. The molecular formula is C4H13IP+. The maximum atomic E-state index is 2.30. The van der Waals surface area contributed by atoms with Crippen molar-refractivity contribution in [2.75, 3.05) is 26.7 Å². The van der Waals surface area contributed by atoms with Crippen molar-refractivity contribution in [3.8, 4) is 0 Å². The lowest BCUT2D eigenvalue weighted by Gasteiger charge is -1.97. The second-order valence-corrected chi connectivity index (χ2v) is 8.05. The van der Waals surface area contributed by atoms with E-state index >= 15 is 0 Å². The molecule has 0 aromatic carbocycles. The first kappa shape index (κ1) is 10.2. The van der Waals surface area contributed by atoms with E-state index in [-0.39, 0.29) is 31.2 Å². The SMILES string of the molecule is C[P+](C)(C)C.I. The lowest BCUT2D eigenvalue weighted by molar-refractivity contribution is 1.95. The lowest BCUT2D eigenvalue weighted by atomic mass is 11.8. The highest BCUT2D eigenvalue weighted by Gasteiger charge is 2.03. The van der Waals surface area contributed by atoms with Gasteiger partial charge in [0.1, 0.15) is 0 Å². The summed E-state index contributed by atoms with van der Waals surface area (Å²) in [5.74, 6) is 0. The summed E-state index contributed by atoms with van der Waals surface area (Å²) in [6.45, 7) is 9.19. The molecule has 40 valence electrons. The molecule has 0 spiro atoms. The van der Waals surface area contributed by atoms with E-state index < -0.39 is 0 Å². The van der Waals surface area contributed by atoms with Gasteiger partial charge < -0.3 is 0 Å². The smallest absolute Gasteiger partial charge is 0.0481 e. The normalized spacial score (nSPS) is 10.0. The van der Waals surface area contributed by atoms with Gasteiger partial charge in [-0.1, -0.05) is 0 Å². The third-order valence-corrected chi connectivity index (χ3v) is 0. The predicted octanol–water partition coefficient (Wildman–Crippen LogP) is 2.14. The Balaban J connectivity index is 0. The summed E-state index contributed by atoms with van der Waals surface area (Å²) >= 11 is 0. The van der Waals surface area contributed by atoms with Crippen LogP contribution in [0.5, 0.6) is 0 Å². The molecule has 0 aromatic rings. The van der Waals surface area contributed by atoms with Gasteiger partial charge in [-0.3, -0.25) is 0 Å². The minimum Gasteiger partial charge on any atom is -0.107 e. The van der Waals surface area contributed by atoms with Crippen molar-refractivity contribution < 1.29 is 0 Å². The Labute approximate surface area is 58.1 Å². The van der Waals surface area contributed by atoms with E-state index in [2.05, 4.69) is 26.7 Å². The highest BCUT2D eigenvalue weighted by Crippen LogP contribution is 2.40. The van der Waals surface area contributed by atoms with E-state index in [0.29, 0.717) is 0 Å². The molecule has 0 atom stereocenters. The Morgan fingerprint density at radius 1 is 0.833 bits per heavy atom. The summed E-state index contributed by atoms with van der Waals surface area (Å²) < 4.78 is 0. The van der Waals surface area contributed by atoms with Crippen LogP contribution in [0.2, 0.25) is 0 Å². The molecule has 6 heavy (non-hydrogen) atoms. The molecule has 0 saturated heterocycles. The fraction of sp³-hybridized carbons (Fsp3) is 1.00. The van der Waals surface area contributed by atoms with Gasteiger partial charge in [-0.2, -0.15) is 0 Å². The molecule has 2 heteroatoms. The second-order valence-electron chi connectivity index (χ2n) is 2.68. The van der Waals surface area contributed by atoms with Crippen molar-refractivity contribution in [3.05, 3.63) is 0 Å². The predicted molar refractivity (Wildman–Crippen MR) is 46.0 cm³/mol. The van der Waals surface area contributed by atoms with Crippen LogP contribution in [-0.2, 0) is 0 Å². The Kier molecular flexibility index (Phi) is 5.44. The average Bonchev–Trinajstić information content (AvgIpc) is 0.722. The monoisotopic (exact) mass is 219 g/mol. The number of hydrogen-bond donors (Lipinski definition) is 0. The number of halogens is 1. The molecule has 0 rings (SSSR count). The zero-order valence-electron chi connectivity index (χ0n) is 4.86. The van der Waals surface area contributed by atoms with E-state index in [9.17, 15) is 0 Å². The molecule has 0 aliphatic carbocycles. The summed E-state index contributed by atoms with van der Waals surface area (Å²) in [6, 6.07) is 0. The molecule has 0 N–H and O–H groups in total. The van der Waals surface area contributed by atoms with Crippen LogP contribution < -0.4 is 0 Å². The molecule has 0 amide bonds. The number of hydrogen-bond acceptors (Lipinski definition) is 0. The summed E-state index contributed by atoms with van der Waals surface area (Å²) in [5.41, 5.74) is 0. The summed E-state index contributed by atoms with van der Waals surface area (Å²) in [5, 5.41) is 0. The maximum Gasteiger partial charge on any atom is 0.0481 e. The first-order valence-corrected chi connectivity index (χ1v) is 5.37. The standard InChI is InChI=1S/C4H12P.HI/c1-5(2,3)4;/h1-4H3;1H/q+1;. The fourth-order valence-electron chi connectivity index (χ4n) is 0. The van der Waals surface area contributed by atoms with Crippen molar-refractivity contribution in [2.24, 2.45) is 0 Å². The van der Waals surface area contributed by atoms with Crippen LogP contribution in [0.15, 0.2) is 0 Å². The topological polar surface area (TPSA) is 0 Å². The van der Waals surface area contributed by atoms with Gasteiger partial charge in [0.2, 0.25) is 0 Å². The zero-order valence-corrected chi connectivity index (χ0v) is 8.08. The molecule has 0 aromatic heterocycles. The molecule has 0 saturated carbocycles. The lowest BCUT2D eigenvalue weighted by Crippen LogP contribution is -1.74. The minimum atomic E-state index is -0.389. The first-order chi connectivity index (χ1) is 2.00. The summed E-state index contributed by atoms with van der Waals surface area (Å²) in [7, 11) is -0.389. The number of rotatable bonds is 0. The Morgan fingerprint density at radius 2 is 0.833 bits per heavy atom. The van der Waals surface area contributed by atoms with Crippen molar-refractivity contribution >= 4 is 31.2 Å². The Hall–Kier alpha value is 1.16. The van der Waals surface area contributed by atoms with Crippen LogP contribution in [0.1, 0.15) is 0 Å². The minimum absolute atomic E-state index is 0. The van der Waals surface area contributed by atoms with E-state index in [4.69, 9.17) is 0 Å². The molecule has 0 fully saturated rings. The van der Waals surface area contributed by atoms with Gasteiger partial charge in [0.05, 0.1) is 0 Å². The molecular weight excluding hydrogens is 206 g/mol. The fourth-order valence-corrected chi connectivity index (χ4v) is 0. The molecule has 0 radical (unpaired) electrons. The van der Waals surface area contributed by atoms with Gasteiger partial charge in [-0.25, -0.2) is 0 Å². The molecule has 0 aliphatic heterocycles. The van der Waals surface area contributed by atoms with E-state index in [1.54, 1.807) is 0 Å². The third-order valence-electron chi connectivity index (χ3n) is 0. The Bertz CT molecular complexity index is 23.0. The molecule has 0 heterocycles. The van der Waals surface area contributed by atoms with Crippen LogP contribution in [0.4, 0.5) is 0 Å².